The minimum absolute atomic E-state index is 0.138. The fourth-order valence-corrected chi connectivity index (χ4v) is 3.33. The summed E-state index contributed by atoms with van der Waals surface area (Å²) in [7, 11) is 0. The number of amides is 1. The summed E-state index contributed by atoms with van der Waals surface area (Å²) in [5.74, 6) is 8.14. The first kappa shape index (κ1) is 22.1. The SMILES string of the molecule is CC(=O)NC(C)C#Cc1nc(Nc2ccc(Oc3cccc(Cl)c3)cc2)c2ccccc2n1. The predicted molar refractivity (Wildman–Crippen MR) is 131 cm³/mol. The largest absolute Gasteiger partial charge is 0.457 e. The third kappa shape index (κ3) is 6.00. The molecule has 1 amide bonds. The monoisotopic (exact) mass is 456 g/mol. The second-order valence-electron chi connectivity index (χ2n) is 7.31. The van der Waals surface area contributed by atoms with Crippen molar-refractivity contribution in [3.8, 4) is 23.3 Å². The third-order valence-corrected chi connectivity index (χ3v) is 4.81. The van der Waals surface area contributed by atoms with Gasteiger partial charge in [-0.25, -0.2) is 9.97 Å². The number of anilines is 2. The van der Waals surface area contributed by atoms with Crippen molar-refractivity contribution >= 4 is 39.9 Å². The minimum atomic E-state index is -0.305. The highest BCUT2D eigenvalue weighted by atomic mass is 35.5. The molecule has 1 heterocycles. The average Bonchev–Trinajstić information content (AvgIpc) is 2.79. The van der Waals surface area contributed by atoms with Gasteiger partial charge in [0.25, 0.3) is 0 Å². The topological polar surface area (TPSA) is 76.1 Å². The summed E-state index contributed by atoms with van der Waals surface area (Å²) in [4.78, 5) is 20.3. The summed E-state index contributed by atoms with van der Waals surface area (Å²) in [5, 5.41) is 7.56. The van der Waals surface area contributed by atoms with Crippen molar-refractivity contribution in [1.82, 2.24) is 15.3 Å². The standard InChI is InChI=1S/C26H21ClN4O2/c1-17(28-18(2)32)10-15-25-30-24-9-4-3-8-23(24)26(31-25)29-20-11-13-21(14-12-20)33-22-7-5-6-19(27)16-22/h3-9,11-14,16-17H,1-2H3,(H,28,32)(H,29,30,31). The second kappa shape index (κ2) is 10.0. The first-order chi connectivity index (χ1) is 16.0. The molecule has 0 radical (unpaired) electrons. The fraction of sp³-hybridized carbons (Fsp3) is 0.115. The zero-order valence-corrected chi connectivity index (χ0v) is 18.9. The summed E-state index contributed by atoms with van der Waals surface area (Å²) in [6.45, 7) is 3.26. The Kier molecular flexibility index (Phi) is 6.72. The lowest BCUT2D eigenvalue weighted by molar-refractivity contribution is -0.119. The zero-order valence-electron chi connectivity index (χ0n) is 18.1. The average molecular weight is 457 g/mol. The normalized spacial score (nSPS) is 11.2. The molecule has 6 nitrogen and oxygen atoms in total. The summed E-state index contributed by atoms with van der Waals surface area (Å²) < 4.78 is 5.85. The Hall–Kier alpha value is -4.08. The molecule has 3 aromatic carbocycles. The lowest BCUT2D eigenvalue weighted by Crippen LogP contribution is -2.28. The summed E-state index contributed by atoms with van der Waals surface area (Å²) in [6, 6.07) is 22.2. The van der Waals surface area contributed by atoms with Crippen LogP contribution in [0.2, 0.25) is 5.02 Å². The van der Waals surface area contributed by atoms with Gasteiger partial charge >= 0.3 is 0 Å². The lowest BCUT2D eigenvalue weighted by Gasteiger charge is -2.11. The Bertz CT molecular complexity index is 1360. The van der Waals surface area contributed by atoms with Crippen LogP contribution in [0.3, 0.4) is 0 Å². The minimum Gasteiger partial charge on any atom is -0.457 e. The van der Waals surface area contributed by atoms with Crippen molar-refractivity contribution in [3.63, 3.8) is 0 Å². The summed E-state index contributed by atoms with van der Waals surface area (Å²) in [6.07, 6.45) is 0. The second-order valence-corrected chi connectivity index (χ2v) is 7.75. The van der Waals surface area contributed by atoms with E-state index in [9.17, 15) is 4.79 Å². The van der Waals surface area contributed by atoms with Crippen LogP contribution in [0.1, 0.15) is 19.7 Å². The number of nitrogens with zero attached hydrogens (tertiary/aromatic N) is 2. The number of halogens is 1. The number of fused-ring (bicyclic) bond motifs is 1. The predicted octanol–water partition coefficient (Wildman–Crippen LogP) is 5.70. The van der Waals surface area contributed by atoms with E-state index in [1.165, 1.54) is 6.92 Å². The van der Waals surface area contributed by atoms with Gasteiger partial charge in [0.15, 0.2) is 0 Å². The Balaban J connectivity index is 1.57. The molecule has 33 heavy (non-hydrogen) atoms. The van der Waals surface area contributed by atoms with Gasteiger partial charge in [0, 0.05) is 23.0 Å². The van der Waals surface area contributed by atoms with E-state index in [-0.39, 0.29) is 11.9 Å². The van der Waals surface area contributed by atoms with E-state index < -0.39 is 0 Å². The Labute approximate surface area is 197 Å². The van der Waals surface area contributed by atoms with Crippen molar-refractivity contribution in [2.45, 2.75) is 19.9 Å². The Morgan fingerprint density at radius 1 is 1.00 bits per heavy atom. The summed E-state index contributed by atoms with van der Waals surface area (Å²) >= 11 is 6.02. The molecule has 4 rings (SSSR count). The molecular formula is C26H21ClN4O2. The molecule has 0 saturated heterocycles. The van der Waals surface area contributed by atoms with Gasteiger partial charge < -0.3 is 15.4 Å². The number of para-hydroxylation sites is 1. The molecule has 0 bridgehead atoms. The Morgan fingerprint density at radius 3 is 2.55 bits per heavy atom. The highest BCUT2D eigenvalue weighted by Gasteiger charge is 2.08. The molecule has 1 aromatic heterocycles. The van der Waals surface area contributed by atoms with Crippen molar-refractivity contribution in [1.29, 1.82) is 0 Å². The quantitative estimate of drug-likeness (QED) is 0.377. The molecule has 0 aliphatic heterocycles. The summed E-state index contributed by atoms with van der Waals surface area (Å²) in [5.41, 5.74) is 1.61. The van der Waals surface area contributed by atoms with Crippen LogP contribution < -0.4 is 15.4 Å². The first-order valence-corrected chi connectivity index (χ1v) is 10.7. The molecule has 4 aromatic rings. The zero-order chi connectivity index (χ0) is 23.2. The highest BCUT2D eigenvalue weighted by Crippen LogP contribution is 2.28. The van der Waals surface area contributed by atoms with E-state index in [0.717, 1.165) is 16.6 Å². The maximum atomic E-state index is 11.2. The van der Waals surface area contributed by atoms with Crippen molar-refractivity contribution < 1.29 is 9.53 Å². The van der Waals surface area contributed by atoms with Crippen LogP contribution in [0.4, 0.5) is 11.5 Å². The van der Waals surface area contributed by atoms with E-state index in [1.54, 1.807) is 12.1 Å². The highest BCUT2D eigenvalue weighted by molar-refractivity contribution is 6.30. The van der Waals surface area contributed by atoms with Gasteiger partial charge in [-0.05, 0) is 67.4 Å². The van der Waals surface area contributed by atoms with Gasteiger partial charge in [0.05, 0.1) is 11.6 Å². The van der Waals surface area contributed by atoms with E-state index in [2.05, 4.69) is 32.4 Å². The van der Waals surface area contributed by atoms with Crippen LogP contribution >= 0.6 is 11.6 Å². The van der Waals surface area contributed by atoms with Crippen molar-refractivity contribution in [3.05, 3.63) is 83.6 Å². The number of carbonyl (C=O) groups is 1. The van der Waals surface area contributed by atoms with Crippen LogP contribution in [-0.2, 0) is 4.79 Å². The van der Waals surface area contributed by atoms with Crippen LogP contribution in [0.15, 0.2) is 72.8 Å². The van der Waals surface area contributed by atoms with Crippen LogP contribution in [-0.4, -0.2) is 21.9 Å². The Morgan fingerprint density at radius 2 is 1.79 bits per heavy atom. The van der Waals surface area contributed by atoms with Crippen LogP contribution in [0.25, 0.3) is 10.9 Å². The number of rotatable bonds is 5. The van der Waals surface area contributed by atoms with Gasteiger partial charge in [-0.2, -0.15) is 0 Å². The first-order valence-electron chi connectivity index (χ1n) is 10.3. The molecule has 0 fully saturated rings. The fourth-order valence-electron chi connectivity index (χ4n) is 3.15. The third-order valence-electron chi connectivity index (χ3n) is 4.57. The maximum absolute atomic E-state index is 11.2. The molecule has 1 atom stereocenters. The van der Waals surface area contributed by atoms with Crippen molar-refractivity contribution in [2.24, 2.45) is 0 Å². The molecule has 0 spiro atoms. The van der Waals surface area contributed by atoms with E-state index in [0.29, 0.717) is 28.2 Å². The molecule has 0 saturated carbocycles. The number of carbonyl (C=O) groups excluding carboxylic acids is 1. The maximum Gasteiger partial charge on any atom is 0.217 e. The molecular weight excluding hydrogens is 436 g/mol. The van der Waals surface area contributed by atoms with E-state index >= 15 is 0 Å². The van der Waals surface area contributed by atoms with Crippen LogP contribution in [0, 0.1) is 11.8 Å². The van der Waals surface area contributed by atoms with Crippen LogP contribution in [0.5, 0.6) is 11.5 Å². The van der Waals surface area contributed by atoms with Gasteiger partial charge in [0.1, 0.15) is 17.3 Å². The van der Waals surface area contributed by atoms with Gasteiger partial charge in [-0.15, -0.1) is 0 Å². The van der Waals surface area contributed by atoms with Gasteiger partial charge in [0.2, 0.25) is 11.7 Å². The molecule has 164 valence electrons. The molecule has 7 heteroatoms. The van der Waals surface area contributed by atoms with Gasteiger partial charge in [-0.1, -0.05) is 35.7 Å². The van der Waals surface area contributed by atoms with E-state index in [4.69, 9.17) is 16.3 Å². The number of aromatic nitrogens is 2. The number of hydrogen-bond acceptors (Lipinski definition) is 5. The van der Waals surface area contributed by atoms with Gasteiger partial charge in [-0.3, -0.25) is 4.79 Å². The lowest BCUT2D eigenvalue weighted by atomic mass is 10.2. The smallest absolute Gasteiger partial charge is 0.217 e. The number of ether oxygens (including phenoxy) is 1. The molecule has 0 aliphatic carbocycles. The van der Waals surface area contributed by atoms with E-state index in [1.807, 2.05) is 67.6 Å². The number of hydrogen-bond donors (Lipinski definition) is 2. The number of benzene rings is 3. The molecule has 0 aliphatic rings. The number of nitrogens with one attached hydrogen (secondary N) is 2. The van der Waals surface area contributed by atoms with Crippen molar-refractivity contribution in [2.75, 3.05) is 5.32 Å². The molecule has 2 N–H and O–H groups in total. The molecule has 1 unspecified atom stereocenters.